The van der Waals surface area contributed by atoms with Gasteiger partial charge in [-0.05, 0) is 24.6 Å². The van der Waals surface area contributed by atoms with Crippen LogP contribution in [0.1, 0.15) is 12.5 Å². The minimum absolute atomic E-state index is 0.0972. The van der Waals surface area contributed by atoms with Crippen molar-refractivity contribution in [2.24, 2.45) is 0 Å². The highest BCUT2D eigenvalue weighted by Gasteiger charge is 2.23. The van der Waals surface area contributed by atoms with Crippen molar-refractivity contribution in [1.82, 2.24) is 0 Å². The van der Waals surface area contributed by atoms with Crippen molar-refractivity contribution in [2.45, 2.75) is 19.1 Å². The van der Waals surface area contributed by atoms with E-state index < -0.39 is 5.79 Å². The van der Waals surface area contributed by atoms with E-state index in [-0.39, 0.29) is 13.2 Å². The molecule has 16 heavy (non-hydrogen) atoms. The van der Waals surface area contributed by atoms with Crippen LogP contribution in [0.4, 0.5) is 0 Å². The number of hydrogen-bond acceptors (Lipinski definition) is 5. The molecule has 0 bridgehead atoms. The fraction of sp³-hybridized carbons (Fsp3) is 0.455. The molecule has 0 saturated carbocycles. The first kappa shape index (κ1) is 11.0. The molecular formula is C11H14O5. The number of ether oxygens (including phenoxy) is 3. The summed E-state index contributed by atoms with van der Waals surface area (Å²) in [6.45, 7) is 1.48. The molecule has 1 aliphatic heterocycles. The third-order valence-electron chi connectivity index (χ3n) is 2.26. The van der Waals surface area contributed by atoms with E-state index in [1.165, 1.54) is 14.0 Å². The lowest BCUT2D eigenvalue weighted by atomic mass is 10.1. The molecule has 0 aliphatic carbocycles. The molecule has 0 radical (unpaired) electrons. The average molecular weight is 226 g/mol. The largest absolute Gasteiger partial charge is 0.493 e. The first-order valence-electron chi connectivity index (χ1n) is 4.91. The standard InChI is InChI=1S/C11H14O5/c1-11(12,13)5-7-3-8(14-2)10-9(4-7)15-6-16-10/h3-4,12-13H,5-6H2,1-2H3. The van der Waals surface area contributed by atoms with Crippen molar-refractivity contribution in [3.8, 4) is 17.2 Å². The van der Waals surface area contributed by atoms with Crippen LogP contribution < -0.4 is 14.2 Å². The number of fused-ring (bicyclic) bond motifs is 1. The van der Waals surface area contributed by atoms with Gasteiger partial charge in [-0.1, -0.05) is 0 Å². The normalized spacial score (nSPS) is 14.0. The highest BCUT2D eigenvalue weighted by atomic mass is 16.7. The summed E-state index contributed by atoms with van der Waals surface area (Å²) in [4.78, 5) is 0. The van der Waals surface area contributed by atoms with Crippen molar-refractivity contribution in [1.29, 1.82) is 0 Å². The Kier molecular flexibility index (Phi) is 2.65. The van der Waals surface area contributed by atoms with Crippen LogP contribution in [0.25, 0.3) is 0 Å². The van der Waals surface area contributed by atoms with Crippen LogP contribution in [0.2, 0.25) is 0 Å². The molecule has 5 heteroatoms. The number of methoxy groups -OCH3 is 1. The molecule has 0 spiro atoms. The van der Waals surface area contributed by atoms with Crippen LogP contribution in [0.15, 0.2) is 12.1 Å². The molecule has 1 aromatic carbocycles. The Labute approximate surface area is 93.2 Å². The van der Waals surface area contributed by atoms with Crippen molar-refractivity contribution in [2.75, 3.05) is 13.9 Å². The van der Waals surface area contributed by atoms with Gasteiger partial charge in [0.05, 0.1) is 7.11 Å². The maximum atomic E-state index is 9.33. The number of rotatable bonds is 3. The molecule has 2 rings (SSSR count). The third-order valence-corrected chi connectivity index (χ3v) is 2.26. The van der Waals surface area contributed by atoms with E-state index in [0.29, 0.717) is 22.8 Å². The van der Waals surface area contributed by atoms with E-state index >= 15 is 0 Å². The van der Waals surface area contributed by atoms with E-state index in [2.05, 4.69) is 0 Å². The number of benzene rings is 1. The summed E-state index contributed by atoms with van der Waals surface area (Å²) in [6.07, 6.45) is 0.0972. The maximum Gasteiger partial charge on any atom is 0.231 e. The van der Waals surface area contributed by atoms with Crippen LogP contribution in [-0.4, -0.2) is 29.9 Å². The summed E-state index contributed by atoms with van der Waals surface area (Å²) in [5.74, 6) is -0.0877. The molecule has 5 nitrogen and oxygen atoms in total. The number of aliphatic hydroxyl groups is 2. The second kappa shape index (κ2) is 3.84. The lowest BCUT2D eigenvalue weighted by molar-refractivity contribution is -0.142. The molecule has 88 valence electrons. The summed E-state index contributed by atoms with van der Waals surface area (Å²) < 4.78 is 15.6. The zero-order chi connectivity index (χ0) is 11.8. The van der Waals surface area contributed by atoms with E-state index in [1.54, 1.807) is 12.1 Å². The van der Waals surface area contributed by atoms with E-state index in [0.717, 1.165) is 0 Å². The summed E-state index contributed by atoms with van der Waals surface area (Å²) in [7, 11) is 1.53. The van der Waals surface area contributed by atoms with Crippen LogP contribution in [0.5, 0.6) is 17.2 Å². The van der Waals surface area contributed by atoms with Gasteiger partial charge >= 0.3 is 0 Å². The van der Waals surface area contributed by atoms with Crippen LogP contribution in [-0.2, 0) is 6.42 Å². The fourth-order valence-electron chi connectivity index (χ4n) is 1.67. The zero-order valence-corrected chi connectivity index (χ0v) is 9.19. The predicted molar refractivity (Wildman–Crippen MR) is 55.7 cm³/mol. The Morgan fingerprint density at radius 2 is 2.12 bits per heavy atom. The van der Waals surface area contributed by atoms with Gasteiger partial charge in [-0.2, -0.15) is 0 Å². The second-order valence-electron chi connectivity index (χ2n) is 3.93. The van der Waals surface area contributed by atoms with Crippen LogP contribution >= 0.6 is 0 Å². The topological polar surface area (TPSA) is 68.2 Å². The lowest BCUT2D eigenvalue weighted by Gasteiger charge is -2.16. The molecule has 0 saturated heterocycles. The monoisotopic (exact) mass is 226 g/mol. The van der Waals surface area contributed by atoms with Gasteiger partial charge in [-0.25, -0.2) is 0 Å². The molecule has 0 fully saturated rings. The molecule has 1 aliphatic rings. The van der Waals surface area contributed by atoms with E-state index in [9.17, 15) is 10.2 Å². The Morgan fingerprint density at radius 1 is 1.38 bits per heavy atom. The molecule has 1 aromatic rings. The maximum absolute atomic E-state index is 9.33. The highest BCUT2D eigenvalue weighted by Crippen LogP contribution is 2.42. The molecular weight excluding hydrogens is 212 g/mol. The minimum atomic E-state index is -1.75. The van der Waals surface area contributed by atoms with Gasteiger partial charge in [0, 0.05) is 6.42 Å². The summed E-state index contributed by atoms with van der Waals surface area (Å²) in [5.41, 5.74) is 0.716. The Hall–Kier alpha value is -1.46. The van der Waals surface area contributed by atoms with Gasteiger partial charge in [-0.15, -0.1) is 0 Å². The van der Waals surface area contributed by atoms with Gasteiger partial charge in [0.1, 0.15) is 0 Å². The van der Waals surface area contributed by atoms with Crippen molar-refractivity contribution in [3.05, 3.63) is 17.7 Å². The molecule has 2 N–H and O–H groups in total. The number of hydrogen-bond donors (Lipinski definition) is 2. The SMILES string of the molecule is COc1cc(CC(C)(O)O)cc2c1OCO2. The Morgan fingerprint density at radius 3 is 2.75 bits per heavy atom. The average Bonchev–Trinajstić information content (AvgIpc) is 2.61. The first-order chi connectivity index (χ1) is 7.49. The van der Waals surface area contributed by atoms with Gasteiger partial charge < -0.3 is 24.4 Å². The molecule has 0 aromatic heterocycles. The van der Waals surface area contributed by atoms with Gasteiger partial charge in [-0.3, -0.25) is 0 Å². The minimum Gasteiger partial charge on any atom is -0.493 e. The van der Waals surface area contributed by atoms with Crippen molar-refractivity contribution < 1.29 is 24.4 Å². The second-order valence-corrected chi connectivity index (χ2v) is 3.93. The summed E-state index contributed by atoms with van der Waals surface area (Å²) >= 11 is 0. The molecule has 0 atom stereocenters. The summed E-state index contributed by atoms with van der Waals surface area (Å²) in [5, 5.41) is 18.7. The van der Waals surface area contributed by atoms with Gasteiger partial charge in [0.2, 0.25) is 12.5 Å². The van der Waals surface area contributed by atoms with Crippen LogP contribution in [0, 0.1) is 0 Å². The van der Waals surface area contributed by atoms with Crippen molar-refractivity contribution >= 4 is 0 Å². The first-order valence-corrected chi connectivity index (χ1v) is 4.91. The zero-order valence-electron chi connectivity index (χ0n) is 9.19. The lowest BCUT2D eigenvalue weighted by Crippen LogP contribution is -2.25. The van der Waals surface area contributed by atoms with E-state index in [4.69, 9.17) is 14.2 Å². The smallest absolute Gasteiger partial charge is 0.231 e. The molecule has 0 amide bonds. The Balaban J connectivity index is 2.35. The fourth-order valence-corrected chi connectivity index (χ4v) is 1.67. The highest BCUT2D eigenvalue weighted by molar-refractivity contribution is 5.55. The predicted octanol–water partition coefficient (Wildman–Crippen LogP) is 0.667. The molecule has 0 unspecified atom stereocenters. The quantitative estimate of drug-likeness (QED) is 0.741. The Bertz CT molecular complexity index is 394. The van der Waals surface area contributed by atoms with Gasteiger partial charge in [0.15, 0.2) is 17.3 Å². The van der Waals surface area contributed by atoms with Crippen molar-refractivity contribution in [3.63, 3.8) is 0 Å². The van der Waals surface area contributed by atoms with Gasteiger partial charge in [0.25, 0.3) is 0 Å². The third kappa shape index (κ3) is 2.20. The van der Waals surface area contributed by atoms with E-state index in [1.807, 2.05) is 0 Å². The summed E-state index contributed by atoms with van der Waals surface area (Å²) in [6, 6.07) is 3.42. The molecule has 1 heterocycles. The van der Waals surface area contributed by atoms with Crippen LogP contribution in [0.3, 0.4) is 0 Å².